The van der Waals surface area contributed by atoms with Gasteiger partial charge in [-0.2, -0.15) is 0 Å². The maximum atomic E-state index is 12.1. The van der Waals surface area contributed by atoms with Gasteiger partial charge in [-0.15, -0.1) is 0 Å². The molecule has 2 N–H and O–H groups in total. The zero-order valence-corrected chi connectivity index (χ0v) is 11.4. The van der Waals surface area contributed by atoms with Crippen LogP contribution < -0.4 is 5.32 Å². The van der Waals surface area contributed by atoms with Crippen LogP contribution in [0.15, 0.2) is 24.3 Å². The number of carbonyl (C=O) groups is 2. The van der Waals surface area contributed by atoms with Crippen molar-refractivity contribution in [1.29, 1.82) is 0 Å². The summed E-state index contributed by atoms with van der Waals surface area (Å²) in [6.45, 7) is 0. The van der Waals surface area contributed by atoms with Crippen molar-refractivity contribution in [2.24, 2.45) is 0 Å². The molecule has 1 spiro atoms. The van der Waals surface area contributed by atoms with Crippen molar-refractivity contribution in [3.63, 3.8) is 0 Å². The predicted octanol–water partition coefficient (Wildman–Crippen LogP) is 1.97. The minimum atomic E-state index is -0.648. The van der Waals surface area contributed by atoms with E-state index in [9.17, 15) is 14.7 Å². The van der Waals surface area contributed by atoms with E-state index in [0.29, 0.717) is 18.8 Å². The molecule has 1 aromatic rings. The third-order valence-corrected chi connectivity index (χ3v) is 4.77. The highest BCUT2D eigenvalue weighted by atomic mass is 16.3. The maximum absolute atomic E-state index is 12.1. The highest BCUT2D eigenvalue weighted by Gasteiger charge is 2.52. The van der Waals surface area contributed by atoms with Crippen LogP contribution in [0.25, 0.3) is 0 Å². The number of imide groups is 1. The van der Waals surface area contributed by atoms with Gasteiger partial charge in [0.25, 0.3) is 5.91 Å². The SMILES string of the molecule is CN1C(=O)NC(=O)[C@]12CC[C@H](c1ccc(O)cc1)CC2. The quantitative estimate of drug-likeness (QED) is 0.769. The van der Waals surface area contributed by atoms with Crippen LogP contribution >= 0.6 is 0 Å². The first-order chi connectivity index (χ1) is 9.53. The highest BCUT2D eigenvalue weighted by Crippen LogP contribution is 2.42. The summed E-state index contributed by atoms with van der Waals surface area (Å²) in [5, 5.41) is 11.7. The van der Waals surface area contributed by atoms with E-state index in [-0.39, 0.29) is 17.7 Å². The molecule has 0 bridgehead atoms. The van der Waals surface area contributed by atoms with E-state index in [4.69, 9.17) is 0 Å². The van der Waals surface area contributed by atoms with Crippen LogP contribution in [-0.2, 0) is 4.79 Å². The van der Waals surface area contributed by atoms with Crippen LogP contribution in [-0.4, -0.2) is 34.5 Å². The van der Waals surface area contributed by atoms with Crippen LogP contribution in [0.4, 0.5) is 4.79 Å². The second-order valence-corrected chi connectivity index (χ2v) is 5.72. The third-order valence-electron chi connectivity index (χ3n) is 4.77. The predicted molar refractivity (Wildman–Crippen MR) is 73.3 cm³/mol. The summed E-state index contributed by atoms with van der Waals surface area (Å²) in [6, 6.07) is 6.96. The molecule has 1 saturated heterocycles. The topological polar surface area (TPSA) is 69.6 Å². The molecule has 3 amide bonds. The van der Waals surface area contributed by atoms with Crippen molar-refractivity contribution >= 4 is 11.9 Å². The van der Waals surface area contributed by atoms with Gasteiger partial charge in [0.15, 0.2) is 0 Å². The first kappa shape index (κ1) is 13.0. The number of hydrogen-bond acceptors (Lipinski definition) is 3. The van der Waals surface area contributed by atoms with Crippen molar-refractivity contribution < 1.29 is 14.7 Å². The van der Waals surface area contributed by atoms with Gasteiger partial charge in [0.1, 0.15) is 11.3 Å². The first-order valence-electron chi connectivity index (χ1n) is 6.91. The summed E-state index contributed by atoms with van der Waals surface area (Å²) >= 11 is 0. The summed E-state index contributed by atoms with van der Waals surface area (Å²) < 4.78 is 0. The number of phenols is 1. The minimum absolute atomic E-state index is 0.158. The number of urea groups is 1. The number of hydrogen-bond donors (Lipinski definition) is 2. The average Bonchev–Trinajstić information content (AvgIpc) is 2.65. The molecule has 1 aromatic carbocycles. The van der Waals surface area contributed by atoms with Gasteiger partial charge < -0.3 is 10.0 Å². The lowest BCUT2D eigenvalue weighted by Crippen LogP contribution is -2.49. The summed E-state index contributed by atoms with van der Waals surface area (Å²) in [7, 11) is 1.70. The van der Waals surface area contributed by atoms with Gasteiger partial charge in [-0.1, -0.05) is 12.1 Å². The highest BCUT2D eigenvalue weighted by molar-refractivity contribution is 6.06. The van der Waals surface area contributed by atoms with Crippen LogP contribution in [0.2, 0.25) is 0 Å². The Morgan fingerprint density at radius 2 is 1.80 bits per heavy atom. The van der Waals surface area contributed by atoms with Gasteiger partial charge >= 0.3 is 6.03 Å². The van der Waals surface area contributed by atoms with Gasteiger partial charge in [0.05, 0.1) is 0 Å². The Morgan fingerprint density at radius 3 is 2.30 bits per heavy atom. The number of benzene rings is 1. The monoisotopic (exact) mass is 274 g/mol. The normalized spacial score (nSPS) is 29.9. The molecular weight excluding hydrogens is 256 g/mol. The molecule has 1 saturated carbocycles. The van der Waals surface area contributed by atoms with Gasteiger partial charge in [-0.05, 0) is 49.3 Å². The summed E-state index contributed by atoms with van der Waals surface area (Å²) in [5.74, 6) is 0.494. The Labute approximate surface area is 117 Å². The van der Waals surface area contributed by atoms with Crippen molar-refractivity contribution in [1.82, 2.24) is 10.2 Å². The molecule has 0 unspecified atom stereocenters. The first-order valence-corrected chi connectivity index (χ1v) is 6.91. The summed E-state index contributed by atoms with van der Waals surface area (Å²) in [5.41, 5.74) is 0.537. The lowest BCUT2D eigenvalue weighted by atomic mass is 9.73. The van der Waals surface area contributed by atoms with Crippen LogP contribution in [0, 0.1) is 0 Å². The number of phenolic OH excluding ortho intramolecular Hbond substituents is 1. The maximum Gasteiger partial charge on any atom is 0.324 e. The summed E-state index contributed by atoms with van der Waals surface area (Å²) in [6.07, 6.45) is 3.12. The molecule has 2 aliphatic rings. The Hall–Kier alpha value is -2.04. The van der Waals surface area contributed by atoms with Gasteiger partial charge in [0.2, 0.25) is 0 Å². The molecule has 5 heteroatoms. The number of nitrogens with zero attached hydrogens (tertiary/aromatic N) is 1. The Bertz CT molecular complexity index is 545. The van der Waals surface area contributed by atoms with Crippen molar-refractivity contribution in [2.75, 3.05) is 7.05 Å². The molecule has 2 fully saturated rings. The van der Waals surface area contributed by atoms with E-state index in [1.54, 1.807) is 24.1 Å². The van der Waals surface area contributed by atoms with Crippen LogP contribution in [0.5, 0.6) is 5.75 Å². The molecule has 1 aliphatic heterocycles. The van der Waals surface area contributed by atoms with E-state index in [2.05, 4.69) is 5.32 Å². The number of likely N-dealkylation sites (N-methyl/N-ethyl adjacent to an activating group) is 1. The number of amides is 3. The number of carbonyl (C=O) groups excluding carboxylic acids is 2. The number of aromatic hydroxyl groups is 1. The standard InChI is InChI=1S/C15H18N2O3/c1-17-14(20)16-13(19)15(17)8-6-11(7-9-15)10-2-4-12(18)5-3-10/h2-5,11,18H,6-9H2,1H3,(H,16,19,20)/t11-,15+. The van der Waals surface area contributed by atoms with E-state index in [1.165, 1.54) is 5.56 Å². The molecule has 1 heterocycles. The Balaban J connectivity index is 1.75. The lowest BCUT2D eigenvalue weighted by Gasteiger charge is -2.39. The Morgan fingerprint density at radius 1 is 1.20 bits per heavy atom. The fourth-order valence-electron chi connectivity index (χ4n) is 3.38. The van der Waals surface area contributed by atoms with Crippen LogP contribution in [0.1, 0.15) is 37.2 Å². The molecule has 106 valence electrons. The second kappa shape index (κ2) is 4.51. The second-order valence-electron chi connectivity index (χ2n) is 5.72. The number of rotatable bonds is 1. The molecule has 0 radical (unpaired) electrons. The number of nitrogens with one attached hydrogen (secondary N) is 1. The third kappa shape index (κ3) is 1.85. The van der Waals surface area contributed by atoms with Crippen molar-refractivity contribution in [3.8, 4) is 5.75 Å². The van der Waals surface area contributed by atoms with E-state index in [0.717, 1.165) is 12.8 Å². The van der Waals surface area contributed by atoms with Crippen molar-refractivity contribution in [3.05, 3.63) is 29.8 Å². The lowest BCUT2D eigenvalue weighted by molar-refractivity contribution is -0.127. The summed E-state index contributed by atoms with van der Waals surface area (Å²) in [4.78, 5) is 25.2. The van der Waals surface area contributed by atoms with Gasteiger partial charge in [-0.3, -0.25) is 10.1 Å². The van der Waals surface area contributed by atoms with Gasteiger partial charge in [-0.25, -0.2) is 4.79 Å². The van der Waals surface area contributed by atoms with E-state index < -0.39 is 5.54 Å². The van der Waals surface area contributed by atoms with Crippen molar-refractivity contribution in [2.45, 2.75) is 37.1 Å². The molecule has 1 aliphatic carbocycles. The van der Waals surface area contributed by atoms with Gasteiger partial charge in [0, 0.05) is 7.05 Å². The average molecular weight is 274 g/mol. The van der Waals surface area contributed by atoms with E-state index >= 15 is 0 Å². The molecular formula is C15H18N2O3. The van der Waals surface area contributed by atoms with Crippen LogP contribution in [0.3, 0.4) is 0 Å². The Kier molecular flexibility index (Phi) is 2.92. The zero-order valence-electron chi connectivity index (χ0n) is 11.4. The van der Waals surface area contributed by atoms with E-state index in [1.807, 2.05) is 12.1 Å². The fraction of sp³-hybridized carbons (Fsp3) is 0.467. The molecule has 5 nitrogen and oxygen atoms in total. The fourth-order valence-corrected chi connectivity index (χ4v) is 3.38. The minimum Gasteiger partial charge on any atom is -0.508 e. The zero-order chi connectivity index (χ0) is 14.3. The molecule has 0 atom stereocenters. The largest absolute Gasteiger partial charge is 0.508 e. The molecule has 20 heavy (non-hydrogen) atoms. The molecule has 0 aromatic heterocycles. The smallest absolute Gasteiger partial charge is 0.324 e. The molecule has 3 rings (SSSR count).